The fourth-order valence-electron chi connectivity index (χ4n) is 2.03. The van der Waals surface area contributed by atoms with E-state index >= 15 is 0 Å². The Kier molecular flexibility index (Phi) is 3.80. The van der Waals surface area contributed by atoms with Gasteiger partial charge in [-0.05, 0) is 18.1 Å². The van der Waals surface area contributed by atoms with Crippen molar-refractivity contribution < 1.29 is 14.0 Å². The minimum Gasteiger partial charge on any atom is -0.302 e. The first-order valence-electron chi connectivity index (χ1n) is 5.80. The molecule has 1 amide bonds. The van der Waals surface area contributed by atoms with Crippen LogP contribution in [0.1, 0.15) is 23.7 Å². The van der Waals surface area contributed by atoms with Gasteiger partial charge in [0.1, 0.15) is 5.82 Å². The predicted octanol–water partition coefficient (Wildman–Crippen LogP) is 2.78. The summed E-state index contributed by atoms with van der Waals surface area (Å²) in [5.41, 5.74) is 0.302. The highest BCUT2D eigenvalue weighted by Gasteiger charge is 2.38. The quantitative estimate of drug-likeness (QED) is 0.633. The Balaban J connectivity index is 2.39. The van der Waals surface area contributed by atoms with E-state index in [1.54, 1.807) is 0 Å². The lowest BCUT2D eigenvalue weighted by Gasteiger charge is -2.21. The zero-order chi connectivity index (χ0) is 13.3. The average molecular weight is 314 g/mol. The number of benzene rings is 1. The van der Waals surface area contributed by atoms with E-state index in [-0.39, 0.29) is 17.2 Å². The summed E-state index contributed by atoms with van der Waals surface area (Å²) in [5.74, 6) is -1.56. The number of fused-ring (bicyclic) bond motifs is 1. The Morgan fingerprint density at radius 1 is 1.39 bits per heavy atom. The smallest absolute Gasteiger partial charge is 0.299 e. The Hall–Kier alpha value is -1.23. The number of carbonyl (C=O) groups is 2. The SMILES string of the molecule is CCC(CBr)CN1C(=O)C(=O)c2cccc(F)c21. The highest BCUT2D eigenvalue weighted by atomic mass is 79.9. The van der Waals surface area contributed by atoms with Crippen LogP contribution in [0, 0.1) is 11.7 Å². The van der Waals surface area contributed by atoms with Crippen LogP contribution in [0.2, 0.25) is 0 Å². The zero-order valence-electron chi connectivity index (χ0n) is 9.95. The summed E-state index contributed by atoms with van der Waals surface area (Å²) in [6, 6.07) is 4.21. The van der Waals surface area contributed by atoms with Gasteiger partial charge in [-0.3, -0.25) is 9.59 Å². The minimum absolute atomic E-state index is 0.131. The molecule has 0 aliphatic carbocycles. The van der Waals surface area contributed by atoms with Gasteiger partial charge in [0.05, 0.1) is 11.3 Å². The van der Waals surface area contributed by atoms with Crippen molar-refractivity contribution in [1.29, 1.82) is 0 Å². The van der Waals surface area contributed by atoms with Gasteiger partial charge in [0.25, 0.3) is 11.7 Å². The molecule has 0 radical (unpaired) electrons. The molecule has 1 heterocycles. The van der Waals surface area contributed by atoms with Crippen molar-refractivity contribution in [2.45, 2.75) is 13.3 Å². The topological polar surface area (TPSA) is 37.4 Å². The van der Waals surface area contributed by atoms with Gasteiger partial charge < -0.3 is 4.90 Å². The first kappa shape index (κ1) is 13.2. The number of para-hydroxylation sites is 1. The molecule has 1 atom stereocenters. The Labute approximate surface area is 113 Å². The number of amides is 1. The summed E-state index contributed by atoms with van der Waals surface area (Å²) in [5, 5.41) is 0.714. The molecule has 0 saturated heterocycles. The van der Waals surface area contributed by atoms with Crippen molar-refractivity contribution >= 4 is 33.3 Å². The van der Waals surface area contributed by atoms with Crippen molar-refractivity contribution in [3.8, 4) is 0 Å². The largest absolute Gasteiger partial charge is 0.302 e. The van der Waals surface area contributed by atoms with E-state index in [2.05, 4.69) is 15.9 Å². The van der Waals surface area contributed by atoms with Gasteiger partial charge in [0.15, 0.2) is 0 Å². The van der Waals surface area contributed by atoms with Crippen molar-refractivity contribution in [3.63, 3.8) is 0 Å². The number of Topliss-reactive ketones (excluding diaryl/α,β-unsaturated/α-hetero) is 1. The Bertz CT molecular complexity index is 500. The first-order valence-corrected chi connectivity index (χ1v) is 6.93. The predicted molar refractivity (Wildman–Crippen MR) is 70.7 cm³/mol. The van der Waals surface area contributed by atoms with Crippen molar-refractivity contribution in [2.75, 3.05) is 16.8 Å². The average Bonchev–Trinajstić information content (AvgIpc) is 2.62. The molecule has 0 N–H and O–H groups in total. The monoisotopic (exact) mass is 313 g/mol. The highest BCUT2D eigenvalue weighted by molar-refractivity contribution is 9.09. The maximum atomic E-state index is 13.8. The molecular weight excluding hydrogens is 301 g/mol. The van der Waals surface area contributed by atoms with Crippen LogP contribution in [0.5, 0.6) is 0 Å². The normalized spacial score (nSPS) is 16.1. The molecule has 96 valence electrons. The van der Waals surface area contributed by atoms with E-state index in [4.69, 9.17) is 0 Å². The van der Waals surface area contributed by atoms with Crippen LogP contribution in [-0.2, 0) is 4.79 Å². The summed E-state index contributed by atoms with van der Waals surface area (Å²) in [4.78, 5) is 24.9. The van der Waals surface area contributed by atoms with E-state index in [9.17, 15) is 14.0 Å². The molecule has 2 rings (SSSR count). The van der Waals surface area contributed by atoms with Gasteiger partial charge in [-0.1, -0.05) is 35.3 Å². The van der Waals surface area contributed by atoms with E-state index in [1.165, 1.54) is 23.1 Å². The van der Waals surface area contributed by atoms with Gasteiger partial charge in [-0.25, -0.2) is 4.39 Å². The number of hydrogen-bond acceptors (Lipinski definition) is 2. The van der Waals surface area contributed by atoms with Crippen LogP contribution in [0.25, 0.3) is 0 Å². The van der Waals surface area contributed by atoms with E-state index in [0.29, 0.717) is 11.9 Å². The van der Waals surface area contributed by atoms with Gasteiger partial charge in [0, 0.05) is 11.9 Å². The lowest BCUT2D eigenvalue weighted by atomic mass is 10.1. The number of hydrogen-bond donors (Lipinski definition) is 0. The van der Waals surface area contributed by atoms with Crippen LogP contribution in [0.3, 0.4) is 0 Å². The maximum Gasteiger partial charge on any atom is 0.299 e. The number of ketones is 1. The fourth-order valence-corrected chi connectivity index (χ4v) is 2.69. The Morgan fingerprint density at radius 3 is 2.72 bits per heavy atom. The lowest BCUT2D eigenvalue weighted by Crippen LogP contribution is -2.35. The third kappa shape index (κ3) is 2.07. The molecule has 0 bridgehead atoms. The summed E-state index contributed by atoms with van der Waals surface area (Å²) < 4.78 is 13.8. The number of nitrogens with zero attached hydrogens (tertiary/aromatic N) is 1. The number of rotatable bonds is 4. The standard InChI is InChI=1S/C13H13BrFNO2/c1-2-8(6-14)7-16-11-9(12(17)13(16)18)4-3-5-10(11)15/h3-5,8H,2,6-7H2,1H3. The molecule has 1 aliphatic rings. The molecule has 0 aromatic heterocycles. The van der Waals surface area contributed by atoms with Gasteiger partial charge in [-0.2, -0.15) is 0 Å². The summed E-state index contributed by atoms with van der Waals surface area (Å²) in [7, 11) is 0. The second-order valence-corrected chi connectivity index (χ2v) is 4.96. The lowest BCUT2D eigenvalue weighted by molar-refractivity contribution is -0.114. The van der Waals surface area contributed by atoms with Crippen LogP contribution in [-0.4, -0.2) is 23.6 Å². The van der Waals surface area contributed by atoms with Crippen molar-refractivity contribution in [2.24, 2.45) is 5.92 Å². The second kappa shape index (κ2) is 5.18. The number of carbonyl (C=O) groups excluding carboxylic acids is 2. The molecule has 1 unspecified atom stereocenters. The van der Waals surface area contributed by atoms with Crippen molar-refractivity contribution in [3.05, 3.63) is 29.6 Å². The molecule has 18 heavy (non-hydrogen) atoms. The molecule has 3 nitrogen and oxygen atoms in total. The third-order valence-corrected chi connectivity index (χ3v) is 4.09. The van der Waals surface area contributed by atoms with Crippen LogP contribution >= 0.6 is 15.9 Å². The molecule has 0 spiro atoms. The third-order valence-electron chi connectivity index (χ3n) is 3.18. The summed E-state index contributed by atoms with van der Waals surface area (Å²) >= 11 is 3.36. The second-order valence-electron chi connectivity index (χ2n) is 4.31. The van der Waals surface area contributed by atoms with Crippen LogP contribution in [0.4, 0.5) is 10.1 Å². The van der Waals surface area contributed by atoms with Gasteiger partial charge in [0.2, 0.25) is 0 Å². The number of alkyl halides is 1. The molecule has 0 saturated carbocycles. The summed E-state index contributed by atoms with van der Waals surface area (Å²) in [6.07, 6.45) is 0.854. The van der Waals surface area contributed by atoms with Gasteiger partial charge in [-0.15, -0.1) is 0 Å². The van der Waals surface area contributed by atoms with Crippen LogP contribution in [0.15, 0.2) is 18.2 Å². The summed E-state index contributed by atoms with van der Waals surface area (Å²) in [6.45, 7) is 2.36. The highest BCUT2D eigenvalue weighted by Crippen LogP contribution is 2.32. The molecule has 1 aliphatic heterocycles. The molecular formula is C13H13BrFNO2. The number of anilines is 1. The first-order chi connectivity index (χ1) is 8.60. The van der Waals surface area contributed by atoms with Gasteiger partial charge >= 0.3 is 0 Å². The van der Waals surface area contributed by atoms with Crippen LogP contribution < -0.4 is 4.90 Å². The van der Waals surface area contributed by atoms with Crippen molar-refractivity contribution in [1.82, 2.24) is 0 Å². The fraction of sp³-hybridized carbons (Fsp3) is 0.385. The molecule has 1 aromatic rings. The van der Waals surface area contributed by atoms with E-state index in [0.717, 1.165) is 6.42 Å². The Morgan fingerprint density at radius 2 is 2.11 bits per heavy atom. The van der Waals surface area contributed by atoms with E-state index < -0.39 is 17.5 Å². The minimum atomic E-state index is -0.630. The zero-order valence-corrected chi connectivity index (χ0v) is 11.5. The molecule has 1 aromatic carbocycles. The number of halogens is 2. The molecule has 0 fully saturated rings. The maximum absolute atomic E-state index is 13.8. The van der Waals surface area contributed by atoms with E-state index in [1.807, 2.05) is 6.92 Å². The molecule has 5 heteroatoms.